The number of imidazole rings is 1. The number of rotatable bonds is 4. The fourth-order valence-electron chi connectivity index (χ4n) is 1.46. The average molecular weight is 224 g/mol. The number of aryl methyl sites for hydroxylation is 1. The van der Waals surface area contributed by atoms with Crippen molar-refractivity contribution in [1.29, 1.82) is 0 Å². The molecule has 1 heterocycles. The van der Waals surface area contributed by atoms with Gasteiger partial charge in [0.05, 0.1) is 6.54 Å². The van der Waals surface area contributed by atoms with Crippen molar-refractivity contribution in [3.05, 3.63) is 18.2 Å². The lowest BCUT2D eigenvalue weighted by Gasteiger charge is -2.30. The minimum absolute atomic E-state index is 0.149. The minimum atomic E-state index is 0.149. The van der Waals surface area contributed by atoms with Crippen LogP contribution in [-0.2, 0) is 13.6 Å². The first-order valence-corrected chi connectivity index (χ1v) is 5.71. The largest absolute Gasteiger partial charge is 0.337 e. The number of aromatic nitrogens is 2. The van der Waals surface area contributed by atoms with Crippen LogP contribution < -0.4 is 5.73 Å². The van der Waals surface area contributed by atoms with Crippen molar-refractivity contribution < 1.29 is 0 Å². The van der Waals surface area contributed by atoms with Gasteiger partial charge in [0, 0.05) is 32.0 Å². The second kappa shape index (κ2) is 4.97. The highest BCUT2D eigenvalue weighted by atomic mass is 15.2. The summed E-state index contributed by atoms with van der Waals surface area (Å²) in [6.45, 7) is 8.24. The van der Waals surface area contributed by atoms with Crippen LogP contribution in [0.2, 0.25) is 0 Å². The molecule has 2 N–H and O–H groups in total. The molecule has 0 saturated heterocycles. The van der Waals surface area contributed by atoms with E-state index in [-0.39, 0.29) is 11.5 Å². The molecule has 1 aromatic heterocycles. The molecule has 0 fully saturated rings. The van der Waals surface area contributed by atoms with Gasteiger partial charge in [-0.15, -0.1) is 0 Å². The molecule has 4 heteroatoms. The smallest absolute Gasteiger partial charge is 0.122 e. The van der Waals surface area contributed by atoms with Crippen LogP contribution in [0.4, 0.5) is 0 Å². The minimum Gasteiger partial charge on any atom is -0.337 e. The predicted molar refractivity (Wildman–Crippen MR) is 67.0 cm³/mol. The summed E-state index contributed by atoms with van der Waals surface area (Å²) in [5.41, 5.74) is 6.30. The normalized spacial score (nSPS) is 14.4. The first-order valence-electron chi connectivity index (χ1n) is 5.71. The van der Waals surface area contributed by atoms with Gasteiger partial charge in [0.1, 0.15) is 5.82 Å². The molecule has 0 bridgehead atoms. The van der Waals surface area contributed by atoms with E-state index in [1.807, 2.05) is 24.0 Å². The highest BCUT2D eigenvalue weighted by Gasteiger charge is 2.22. The van der Waals surface area contributed by atoms with E-state index >= 15 is 0 Å². The quantitative estimate of drug-likeness (QED) is 0.836. The third-order valence-corrected chi connectivity index (χ3v) is 2.95. The predicted octanol–water partition coefficient (Wildman–Crippen LogP) is 1.23. The summed E-state index contributed by atoms with van der Waals surface area (Å²) < 4.78 is 2.04. The molecule has 0 aliphatic rings. The third kappa shape index (κ3) is 3.61. The molecule has 0 aromatic carbocycles. The monoisotopic (exact) mass is 224 g/mol. The van der Waals surface area contributed by atoms with Gasteiger partial charge in [-0.1, -0.05) is 20.8 Å². The van der Waals surface area contributed by atoms with Crippen LogP contribution in [0.1, 0.15) is 26.6 Å². The van der Waals surface area contributed by atoms with Gasteiger partial charge in [-0.05, 0) is 12.5 Å². The molecule has 1 atom stereocenters. The summed E-state index contributed by atoms with van der Waals surface area (Å²) >= 11 is 0. The molecule has 0 aliphatic carbocycles. The fourth-order valence-corrected chi connectivity index (χ4v) is 1.46. The first kappa shape index (κ1) is 13.2. The molecule has 1 rings (SSSR count). The van der Waals surface area contributed by atoms with Crippen LogP contribution in [-0.4, -0.2) is 34.1 Å². The summed E-state index contributed by atoms with van der Waals surface area (Å²) in [5.74, 6) is 1.07. The standard InChI is InChI=1S/C12H24N4/c1-12(2,3)10(13)8-15(4)9-11-14-6-7-16(11)5/h6-7,10H,8-9,13H2,1-5H3. The van der Waals surface area contributed by atoms with Crippen LogP contribution in [0, 0.1) is 5.41 Å². The molecule has 4 nitrogen and oxygen atoms in total. The topological polar surface area (TPSA) is 47.1 Å². The van der Waals surface area contributed by atoms with E-state index in [1.54, 1.807) is 0 Å². The van der Waals surface area contributed by atoms with Gasteiger partial charge in [-0.25, -0.2) is 4.98 Å². The number of hydrogen-bond donors (Lipinski definition) is 1. The Hall–Kier alpha value is -0.870. The lowest BCUT2D eigenvalue weighted by Crippen LogP contribution is -2.44. The zero-order valence-electron chi connectivity index (χ0n) is 11.1. The van der Waals surface area contributed by atoms with E-state index in [1.165, 1.54) is 0 Å². The van der Waals surface area contributed by atoms with Crippen LogP contribution in [0.5, 0.6) is 0 Å². The molecule has 16 heavy (non-hydrogen) atoms. The van der Waals surface area contributed by atoms with Crippen LogP contribution >= 0.6 is 0 Å². The summed E-state index contributed by atoms with van der Waals surface area (Å²) in [6, 6.07) is 0.178. The van der Waals surface area contributed by atoms with Gasteiger partial charge in [0.25, 0.3) is 0 Å². The lowest BCUT2D eigenvalue weighted by molar-refractivity contribution is 0.218. The van der Waals surface area contributed by atoms with Gasteiger partial charge in [0.2, 0.25) is 0 Å². The molecule has 1 aromatic rings. The second-order valence-electron chi connectivity index (χ2n) is 5.62. The van der Waals surface area contributed by atoms with E-state index in [2.05, 4.69) is 37.7 Å². The van der Waals surface area contributed by atoms with E-state index in [0.29, 0.717) is 0 Å². The number of likely N-dealkylation sites (N-methyl/N-ethyl adjacent to an activating group) is 1. The van der Waals surface area contributed by atoms with Crippen molar-refractivity contribution in [3.8, 4) is 0 Å². The van der Waals surface area contributed by atoms with Crippen molar-refractivity contribution in [3.63, 3.8) is 0 Å². The molecular weight excluding hydrogens is 200 g/mol. The molecular formula is C12H24N4. The molecule has 92 valence electrons. The maximum absolute atomic E-state index is 6.15. The van der Waals surface area contributed by atoms with E-state index in [9.17, 15) is 0 Å². The Bertz CT molecular complexity index is 324. The maximum atomic E-state index is 6.15. The zero-order valence-corrected chi connectivity index (χ0v) is 11.1. The van der Waals surface area contributed by atoms with Crippen molar-refractivity contribution in [2.45, 2.75) is 33.4 Å². The second-order valence-corrected chi connectivity index (χ2v) is 5.62. The first-order chi connectivity index (χ1) is 7.30. The average Bonchev–Trinajstić information content (AvgIpc) is 2.50. The van der Waals surface area contributed by atoms with Crippen molar-refractivity contribution in [2.24, 2.45) is 18.2 Å². The lowest BCUT2D eigenvalue weighted by atomic mass is 9.87. The van der Waals surface area contributed by atoms with Gasteiger partial charge in [-0.2, -0.15) is 0 Å². The highest BCUT2D eigenvalue weighted by molar-refractivity contribution is 4.91. The van der Waals surface area contributed by atoms with Crippen molar-refractivity contribution >= 4 is 0 Å². The van der Waals surface area contributed by atoms with Gasteiger partial charge in [0.15, 0.2) is 0 Å². The fraction of sp³-hybridized carbons (Fsp3) is 0.750. The Labute approximate surface area is 98.5 Å². The number of hydrogen-bond acceptors (Lipinski definition) is 3. The molecule has 0 radical (unpaired) electrons. The summed E-state index contributed by atoms with van der Waals surface area (Å²) in [6.07, 6.45) is 3.79. The Morgan fingerprint density at radius 2 is 2.12 bits per heavy atom. The van der Waals surface area contributed by atoms with Crippen molar-refractivity contribution in [1.82, 2.24) is 14.5 Å². The van der Waals surface area contributed by atoms with Gasteiger partial charge in [-0.3, -0.25) is 4.90 Å². The van der Waals surface area contributed by atoms with Crippen molar-refractivity contribution in [2.75, 3.05) is 13.6 Å². The Balaban J connectivity index is 2.48. The van der Waals surface area contributed by atoms with E-state index in [0.717, 1.165) is 18.9 Å². The van der Waals surface area contributed by atoms with Gasteiger partial charge < -0.3 is 10.3 Å². The molecule has 1 unspecified atom stereocenters. The van der Waals surface area contributed by atoms with E-state index in [4.69, 9.17) is 5.73 Å². The summed E-state index contributed by atoms with van der Waals surface area (Å²) in [4.78, 5) is 6.53. The molecule has 0 aliphatic heterocycles. The Kier molecular flexibility index (Phi) is 4.10. The van der Waals surface area contributed by atoms with E-state index < -0.39 is 0 Å². The SMILES string of the molecule is CN(Cc1nccn1C)CC(N)C(C)(C)C. The summed E-state index contributed by atoms with van der Waals surface area (Å²) in [7, 11) is 4.10. The maximum Gasteiger partial charge on any atom is 0.122 e. The highest BCUT2D eigenvalue weighted by Crippen LogP contribution is 2.18. The van der Waals surface area contributed by atoms with Crippen LogP contribution in [0.25, 0.3) is 0 Å². The summed E-state index contributed by atoms with van der Waals surface area (Å²) in [5, 5.41) is 0. The zero-order chi connectivity index (χ0) is 12.3. The Morgan fingerprint density at radius 1 is 1.50 bits per heavy atom. The number of nitrogens with two attached hydrogens (primary N) is 1. The molecule has 0 saturated carbocycles. The van der Waals surface area contributed by atoms with Gasteiger partial charge >= 0.3 is 0 Å². The number of nitrogens with zero attached hydrogens (tertiary/aromatic N) is 3. The molecule has 0 spiro atoms. The molecule has 0 amide bonds. The Morgan fingerprint density at radius 3 is 2.56 bits per heavy atom. The van der Waals surface area contributed by atoms with Crippen LogP contribution in [0.15, 0.2) is 12.4 Å². The third-order valence-electron chi connectivity index (χ3n) is 2.95. The van der Waals surface area contributed by atoms with Crippen LogP contribution in [0.3, 0.4) is 0 Å².